The lowest BCUT2D eigenvalue weighted by molar-refractivity contribution is 0.385. The van der Waals surface area contributed by atoms with Gasteiger partial charge in [0.15, 0.2) is 0 Å². The summed E-state index contributed by atoms with van der Waals surface area (Å²) >= 11 is 0. The van der Waals surface area contributed by atoms with Crippen LogP contribution in [0.1, 0.15) is 253 Å². The van der Waals surface area contributed by atoms with Crippen LogP contribution in [0.5, 0.6) is 0 Å². The molecule has 0 aromatic rings. The first-order chi connectivity index (χ1) is 20.6. The van der Waals surface area contributed by atoms with Gasteiger partial charge in [-0.15, -0.1) is 0 Å². The molecule has 0 aliphatic heterocycles. The van der Waals surface area contributed by atoms with Gasteiger partial charge in [0, 0.05) is 0 Å². The van der Waals surface area contributed by atoms with Crippen molar-refractivity contribution in [2.24, 2.45) is 17.8 Å². The molecule has 0 fully saturated rings. The van der Waals surface area contributed by atoms with Gasteiger partial charge in [0.1, 0.15) is 0 Å². The second-order valence-electron chi connectivity index (χ2n) is 15.2. The van der Waals surface area contributed by atoms with E-state index in [0.717, 1.165) is 17.8 Å². The van der Waals surface area contributed by atoms with Crippen molar-refractivity contribution in [3.8, 4) is 0 Å². The standard InChI is InChI=1S/C42H86/c1-6-8-10-12-14-15-16-17-18-19-20-21-22-23-24-25-27-30-35-41(4)38-33-39-42(5)37-32-28-31-36-40(3)34-29-26-13-11-9-7-2/h40-42H,6-39H2,1-5H3. The third kappa shape index (κ3) is 34.5. The molecule has 0 saturated heterocycles. The van der Waals surface area contributed by atoms with E-state index in [0.29, 0.717) is 0 Å². The average Bonchev–Trinajstić information content (AvgIpc) is 2.98. The second kappa shape index (κ2) is 35.5. The van der Waals surface area contributed by atoms with Gasteiger partial charge in [-0.2, -0.15) is 0 Å². The first-order valence-electron chi connectivity index (χ1n) is 20.6. The van der Waals surface area contributed by atoms with Crippen LogP contribution in [0.25, 0.3) is 0 Å². The highest BCUT2D eigenvalue weighted by Gasteiger charge is 2.07. The Morgan fingerprint density at radius 2 is 0.381 bits per heavy atom. The number of hydrogen-bond acceptors (Lipinski definition) is 0. The Morgan fingerprint density at radius 1 is 0.214 bits per heavy atom. The molecule has 0 aromatic heterocycles. The van der Waals surface area contributed by atoms with Gasteiger partial charge < -0.3 is 0 Å². The molecule has 3 unspecified atom stereocenters. The fraction of sp³-hybridized carbons (Fsp3) is 1.00. The lowest BCUT2D eigenvalue weighted by Gasteiger charge is -2.15. The van der Waals surface area contributed by atoms with Crippen molar-refractivity contribution >= 4 is 0 Å². The van der Waals surface area contributed by atoms with Crippen LogP contribution < -0.4 is 0 Å². The molecular formula is C42H86. The molecule has 0 radical (unpaired) electrons. The summed E-state index contributed by atoms with van der Waals surface area (Å²) in [7, 11) is 0. The van der Waals surface area contributed by atoms with Gasteiger partial charge in [0.2, 0.25) is 0 Å². The molecule has 0 saturated carbocycles. The molecule has 0 nitrogen and oxygen atoms in total. The van der Waals surface area contributed by atoms with Gasteiger partial charge in [-0.05, 0) is 17.8 Å². The predicted molar refractivity (Wildman–Crippen MR) is 196 cm³/mol. The maximum atomic E-state index is 2.52. The van der Waals surface area contributed by atoms with Crippen LogP contribution in [-0.2, 0) is 0 Å². The van der Waals surface area contributed by atoms with Gasteiger partial charge in [-0.3, -0.25) is 0 Å². The summed E-state index contributed by atoms with van der Waals surface area (Å²) in [5.74, 6) is 2.85. The van der Waals surface area contributed by atoms with Crippen molar-refractivity contribution in [3.63, 3.8) is 0 Å². The SMILES string of the molecule is CCCCCCCCCCCCCCCCCCCCC(C)CCCC(C)CCCCCC(C)CCCCCCCC. The molecule has 0 aliphatic rings. The van der Waals surface area contributed by atoms with E-state index in [-0.39, 0.29) is 0 Å². The maximum absolute atomic E-state index is 2.52. The van der Waals surface area contributed by atoms with E-state index >= 15 is 0 Å². The molecule has 0 N–H and O–H groups in total. The highest BCUT2D eigenvalue weighted by Crippen LogP contribution is 2.23. The summed E-state index contributed by atoms with van der Waals surface area (Å²) in [5, 5.41) is 0. The summed E-state index contributed by atoms with van der Waals surface area (Å²) in [6, 6.07) is 0. The van der Waals surface area contributed by atoms with E-state index in [4.69, 9.17) is 0 Å². The van der Waals surface area contributed by atoms with E-state index in [1.165, 1.54) is 218 Å². The normalized spacial score (nSPS) is 13.9. The Balaban J connectivity index is 3.32. The maximum Gasteiger partial charge on any atom is -0.0443 e. The van der Waals surface area contributed by atoms with Crippen LogP contribution in [0.3, 0.4) is 0 Å². The van der Waals surface area contributed by atoms with Crippen LogP contribution in [-0.4, -0.2) is 0 Å². The van der Waals surface area contributed by atoms with Crippen molar-refractivity contribution < 1.29 is 0 Å². The summed E-state index contributed by atoms with van der Waals surface area (Å²) in [5.41, 5.74) is 0. The molecule has 0 heteroatoms. The summed E-state index contributed by atoms with van der Waals surface area (Å²) in [6.07, 6.45) is 50.0. The Kier molecular flexibility index (Phi) is 35.5. The molecule has 42 heavy (non-hydrogen) atoms. The van der Waals surface area contributed by atoms with Gasteiger partial charge in [0.05, 0.1) is 0 Å². The Hall–Kier alpha value is 0. The topological polar surface area (TPSA) is 0 Å². The molecule has 0 aromatic carbocycles. The third-order valence-electron chi connectivity index (χ3n) is 10.4. The van der Waals surface area contributed by atoms with E-state index in [1.807, 2.05) is 0 Å². The zero-order chi connectivity index (χ0) is 30.8. The number of rotatable bonds is 36. The highest BCUT2D eigenvalue weighted by molar-refractivity contribution is 4.61. The van der Waals surface area contributed by atoms with Crippen molar-refractivity contribution in [3.05, 3.63) is 0 Å². The zero-order valence-corrected chi connectivity index (χ0v) is 30.8. The van der Waals surface area contributed by atoms with Crippen molar-refractivity contribution in [1.82, 2.24) is 0 Å². The molecule has 0 heterocycles. The van der Waals surface area contributed by atoms with Gasteiger partial charge >= 0.3 is 0 Å². The summed E-state index contributed by atoms with van der Waals surface area (Å²) in [6.45, 7) is 12.2. The van der Waals surface area contributed by atoms with Crippen LogP contribution >= 0.6 is 0 Å². The molecule has 0 aliphatic carbocycles. The van der Waals surface area contributed by atoms with Crippen LogP contribution in [0, 0.1) is 17.8 Å². The minimum absolute atomic E-state index is 0.947. The minimum atomic E-state index is 0.947. The van der Waals surface area contributed by atoms with Crippen molar-refractivity contribution in [1.29, 1.82) is 0 Å². The second-order valence-corrected chi connectivity index (χ2v) is 15.2. The van der Waals surface area contributed by atoms with E-state index in [1.54, 1.807) is 0 Å². The zero-order valence-electron chi connectivity index (χ0n) is 30.8. The van der Waals surface area contributed by atoms with Gasteiger partial charge in [-0.25, -0.2) is 0 Å². The van der Waals surface area contributed by atoms with Crippen molar-refractivity contribution in [2.75, 3.05) is 0 Å². The molecule has 0 spiro atoms. The molecule has 3 atom stereocenters. The molecule has 0 bridgehead atoms. The van der Waals surface area contributed by atoms with Crippen LogP contribution in [0.2, 0.25) is 0 Å². The molecule has 254 valence electrons. The van der Waals surface area contributed by atoms with Crippen LogP contribution in [0.15, 0.2) is 0 Å². The number of hydrogen-bond donors (Lipinski definition) is 0. The summed E-state index contributed by atoms with van der Waals surface area (Å²) in [4.78, 5) is 0. The van der Waals surface area contributed by atoms with Crippen LogP contribution in [0.4, 0.5) is 0 Å². The first kappa shape index (κ1) is 42.0. The predicted octanol–water partition coefficient (Wildman–Crippen LogP) is 16.2. The largest absolute Gasteiger partial charge is 0.0654 e. The molecule has 0 amide bonds. The molecular weight excluding hydrogens is 504 g/mol. The molecule has 0 rings (SSSR count). The smallest absolute Gasteiger partial charge is 0.0443 e. The van der Waals surface area contributed by atoms with Crippen molar-refractivity contribution in [2.45, 2.75) is 253 Å². The summed E-state index contributed by atoms with van der Waals surface area (Å²) < 4.78 is 0. The minimum Gasteiger partial charge on any atom is -0.0654 e. The quantitative estimate of drug-likeness (QED) is 0.0637. The fourth-order valence-corrected chi connectivity index (χ4v) is 7.08. The third-order valence-corrected chi connectivity index (χ3v) is 10.4. The van der Waals surface area contributed by atoms with E-state index < -0.39 is 0 Å². The van der Waals surface area contributed by atoms with Gasteiger partial charge in [0.25, 0.3) is 0 Å². The lowest BCUT2D eigenvalue weighted by atomic mass is 9.91. The first-order valence-corrected chi connectivity index (χ1v) is 20.6. The Labute approximate surface area is 270 Å². The number of unbranched alkanes of at least 4 members (excludes halogenated alkanes) is 24. The highest BCUT2D eigenvalue weighted by atomic mass is 14.1. The lowest BCUT2D eigenvalue weighted by Crippen LogP contribution is -2.00. The average molecular weight is 591 g/mol. The Bertz CT molecular complexity index is 467. The van der Waals surface area contributed by atoms with E-state index in [9.17, 15) is 0 Å². The Morgan fingerprint density at radius 3 is 0.619 bits per heavy atom. The van der Waals surface area contributed by atoms with Gasteiger partial charge in [-0.1, -0.05) is 253 Å². The monoisotopic (exact) mass is 591 g/mol. The fourth-order valence-electron chi connectivity index (χ4n) is 7.08. The van der Waals surface area contributed by atoms with E-state index in [2.05, 4.69) is 34.6 Å².